The van der Waals surface area contributed by atoms with Gasteiger partial charge in [0.1, 0.15) is 5.56 Å². The van der Waals surface area contributed by atoms with Gasteiger partial charge in [0, 0.05) is 17.8 Å². The van der Waals surface area contributed by atoms with Gasteiger partial charge in [-0.05, 0) is 74.8 Å². The van der Waals surface area contributed by atoms with Crippen molar-refractivity contribution in [3.8, 4) is 0 Å². The Morgan fingerprint density at radius 2 is 1.83 bits per heavy atom. The molecular formula is C19H27N3O2. The molecule has 0 aliphatic heterocycles. The standard InChI is InChI=1S/C19H27N3O2/c20-14-8-12-5-3-6-13(9-14)17(12)22-19(24)15-10-11-4-1-2-7-16(11)21-18(15)23/h10,12-14,17H,1-9,20H2,(H,21,23)(H,22,24). The third kappa shape index (κ3) is 2.90. The van der Waals surface area contributed by atoms with Crippen LogP contribution in [0.3, 0.4) is 0 Å². The number of fused-ring (bicyclic) bond motifs is 3. The molecule has 5 heteroatoms. The number of pyridine rings is 1. The highest BCUT2D eigenvalue weighted by molar-refractivity contribution is 5.94. The fourth-order valence-corrected chi connectivity index (χ4v) is 5.10. The first-order valence-electron chi connectivity index (χ1n) is 9.43. The van der Waals surface area contributed by atoms with Crippen molar-refractivity contribution in [1.29, 1.82) is 0 Å². The molecule has 0 radical (unpaired) electrons. The molecule has 3 aliphatic rings. The van der Waals surface area contributed by atoms with Crippen LogP contribution in [0.25, 0.3) is 0 Å². The van der Waals surface area contributed by atoms with Crippen molar-refractivity contribution in [2.24, 2.45) is 17.6 Å². The molecule has 4 rings (SSSR count). The van der Waals surface area contributed by atoms with Crippen LogP contribution >= 0.6 is 0 Å². The number of rotatable bonds is 2. The van der Waals surface area contributed by atoms with E-state index >= 15 is 0 Å². The normalized spacial score (nSPS) is 32.0. The van der Waals surface area contributed by atoms with Crippen LogP contribution in [0.4, 0.5) is 0 Å². The molecule has 0 aromatic carbocycles. The molecule has 2 bridgehead atoms. The molecule has 1 aromatic rings. The number of hydrogen-bond donors (Lipinski definition) is 3. The van der Waals surface area contributed by atoms with Gasteiger partial charge in [-0.25, -0.2) is 0 Å². The fraction of sp³-hybridized carbons (Fsp3) is 0.684. The SMILES string of the molecule is NC1CC2CCCC(C1)C2NC(=O)c1cc2c([nH]c1=O)CCCC2. The molecule has 2 fully saturated rings. The number of nitrogens with one attached hydrogen (secondary N) is 2. The summed E-state index contributed by atoms with van der Waals surface area (Å²) in [5.74, 6) is 0.725. The topological polar surface area (TPSA) is 88.0 Å². The van der Waals surface area contributed by atoms with Crippen molar-refractivity contribution in [3.05, 3.63) is 33.2 Å². The summed E-state index contributed by atoms with van der Waals surface area (Å²) >= 11 is 0. The maximum absolute atomic E-state index is 12.8. The maximum atomic E-state index is 12.8. The van der Waals surface area contributed by atoms with Crippen LogP contribution in [0, 0.1) is 11.8 Å². The van der Waals surface area contributed by atoms with Crippen LogP contribution < -0.4 is 16.6 Å². The summed E-state index contributed by atoms with van der Waals surface area (Å²) in [4.78, 5) is 28.0. The lowest BCUT2D eigenvalue weighted by atomic mass is 9.67. The Balaban J connectivity index is 1.55. The largest absolute Gasteiger partial charge is 0.349 e. The van der Waals surface area contributed by atoms with Crippen LogP contribution in [0.15, 0.2) is 10.9 Å². The van der Waals surface area contributed by atoms with E-state index in [0.29, 0.717) is 11.8 Å². The van der Waals surface area contributed by atoms with Gasteiger partial charge in [0.25, 0.3) is 11.5 Å². The van der Waals surface area contributed by atoms with Crippen LogP contribution in [0.5, 0.6) is 0 Å². The Morgan fingerprint density at radius 1 is 1.12 bits per heavy atom. The molecule has 2 unspecified atom stereocenters. The van der Waals surface area contributed by atoms with Gasteiger partial charge in [-0.1, -0.05) is 6.42 Å². The number of nitrogens with two attached hydrogens (primary N) is 1. The molecule has 0 spiro atoms. The Bertz CT molecular complexity index is 682. The van der Waals surface area contributed by atoms with E-state index in [9.17, 15) is 9.59 Å². The van der Waals surface area contributed by atoms with Crippen molar-refractivity contribution in [1.82, 2.24) is 10.3 Å². The Morgan fingerprint density at radius 3 is 2.58 bits per heavy atom. The molecule has 0 saturated heterocycles. The first-order chi connectivity index (χ1) is 11.6. The summed E-state index contributed by atoms with van der Waals surface area (Å²) in [6, 6.07) is 2.27. The van der Waals surface area contributed by atoms with Gasteiger partial charge >= 0.3 is 0 Å². The summed E-state index contributed by atoms with van der Waals surface area (Å²) in [6.45, 7) is 0. The molecule has 5 nitrogen and oxygen atoms in total. The zero-order valence-electron chi connectivity index (χ0n) is 14.1. The molecule has 4 N–H and O–H groups in total. The Kier molecular flexibility index (Phi) is 4.21. The first kappa shape index (κ1) is 15.9. The average molecular weight is 329 g/mol. The van der Waals surface area contributed by atoms with E-state index in [1.54, 1.807) is 0 Å². The highest BCUT2D eigenvalue weighted by atomic mass is 16.2. The highest BCUT2D eigenvalue weighted by Gasteiger charge is 2.40. The average Bonchev–Trinajstić information content (AvgIpc) is 2.55. The fourth-order valence-electron chi connectivity index (χ4n) is 5.10. The summed E-state index contributed by atoms with van der Waals surface area (Å²) in [5.41, 5.74) is 8.35. The van der Waals surface area contributed by atoms with Gasteiger partial charge in [0.2, 0.25) is 0 Å². The lowest BCUT2D eigenvalue weighted by molar-refractivity contribution is 0.0754. The predicted octanol–water partition coefficient (Wildman–Crippen LogP) is 1.89. The van der Waals surface area contributed by atoms with Crippen LogP contribution in [-0.2, 0) is 12.8 Å². The van der Waals surface area contributed by atoms with Gasteiger partial charge in [0.05, 0.1) is 0 Å². The predicted molar refractivity (Wildman–Crippen MR) is 93.0 cm³/mol. The summed E-state index contributed by atoms with van der Waals surface area (Å²) in [6.07, 6.45) is 9.58. The Hall–Kier alpha value is -1.62. The number of hydrogen-bond acceptors (Lipinski definition) is 3. The number of carbonyl (C=O) groups is 1. The van der Waals surface area contributed by atoms with Crippen molar-refractivity contribution < 1.29 is 4.79 Å². The second kappa shape index (κ2) is 6.36. The first-order valence-corrected chi connectivity index (χ1v) is 9.43. The lowest BCUT2D eigenvalue weighted by Gasteiger charge is -2.45. The molecule has 1 aromatic heterocycles. The minimum Gasteiger partial charge on any atom is -0.349 e. The van der Waals surface area contributed by atoms with Gasteiger partial charge < -0.3 is 16.0 Å². The number of aryl methyl sites for hydroxylation is 2. The van der Waals surface area contributed by atoms with Crippen LogP contribution in [-0.4, -0.2) is 23.0 Å². The number of H-pyrrole nitrogens is 1. The highest BCUT2D eigenvalue weighted by Crippen LogP contribution is 2.39. The number of aromatic amines is 1. The molecular weight excluding hydrogens is 302 g/mol. The van der Waals surface area contributed by atoms with Crippen molar-refractivity contribution in [2.45, 2.75) is 69.9 Å². The monoisotopic (exact) mass is 329 g/mol. The number of aromatic nitrogens is 1. The van der Waals surface area contributed by atoms with Gasteiger partial charge in [-0.3, -0.25) is 9.59 Å². The molecule has 1 heterocycles. The van der Waals surface area contributed by atoms with E-state index in [1.165, 1.54) is 6.42 Å². The smallest absolute Gasteiger partial charge is 0.261 e. The Labute approximate surface area is 142 Å². The van der Waals surface area contributed by atoms with E-state index in [-0.39, 0.29) is 29.1 Å². The third-order valence-electron chi connectivity index (χ3n) is 6.26. The van der Waals surface area contributed by atoms with E-state index < -0.39 is 0 Å². The molecule has 1 amide bonds. The minimum atomic E-state index is -0.245. The number of amides is 1. The summed E-state index contributed by atoms with van der Waals surface area (Å²) in [5, 5.41) is 3.19. The van der Waals surface area contributed by atoms with Gasteiger partial charge in [-0.15, -0.1) is 0 Å². The second-order valence-corrected chi connectivity index (χ2v) is 7.90. The van der Waals surface area contributed by atoms with Crippen molar-refractivity contribution in [2.75, 3.05) is 0 Å². The van der Waals surface area contributed by atoms with E-state index in [0.717, 1.165) is 62.6 Å². The van der Waals surface area contributed by atoms with E-state index in [2.05, 4.69) is 10.3 Å². The van der Waals surface area contributed by atoms with Gasteiger partial charge in [0.15, 0.2) is 0 Å². The van der Waals surface area contributed by atoms with Crippen molar-refractivity contribution in [3.63, 3.8) is 0 Å². The molecule has 3 aliphatic carbocycles. The third-order valence-corrected chi connectivity index (χ3v) is 6.26. The van der Waals surface area contributed by atoms with Crippen LogP contribution in [0.2, 0.25) is 0 Å². The summed E-state index contributed by atoms with van der Waals surface area (Å²) in [7, 11) is 0. The van der Waals surface area contributed by atoms with Crippen molar-refractivity contribution >= 4 is 5.91 Å². The maximum Gasteiger partial charge on any atom is 0.261 e. The quantitative estimate of drug-likeness (QED) is 0.774. The summed E-state index contributed by atoms with van der Waals surface area (Å²) < 4.78 is 0. The number of carbonyl (C=O) groups excluding carboxylic acids is 1. The van der Waals surface area contributed by atoms with Gasteiger partial charge in [-0.2, -0.15) is 0 Å². The molecule has 2 saturated carbocycles. The van der Waals surface area contributed by atoms with E-state index in [4.69, 9.17) is 5.73 Å². The second-order valence-electron chi connectivity index (χ2n) is 7.90. The lowest BCUT2D eigenvalue weighted by Crippen LogP contribution is -2.54. The molecule has 130 valence electrons. The zero-order chi connectivity index (χ0) is 16.7. The zero-order valence-corrected chi connectivity index (χ0v) is 14.1. The minimum absolute atomic E-state index is 0.182. The molecule has 24 heavy (non-hydrogen) atoms. The van der Waals surface area contributed by atoms with E-state index in [1.807, 2.05) is 6.07 Å². The molecule has 2 atom stereocenters. The van der Waals surface area contributed by atoms with Crippen LogP contribution in [0.1, 0.15) is 66.6 Å².